The van der Waals surface area contributed by atoms with Gasteiger partial charge in [-0.25, -0.2) is 0 Å². The predicted molar refractivity (Wildman–Crippen MR) is 144 cm³/mol. The molecule has 5 rings (SSSR count). The average Bonchev–Trinajstić information content (AvgIpc) is 2.91. The van der Waals surface area contributed by atoms with Crippen LogP contribution in [0.5, 0.6) is 5.75 Å². The first-order valence-corrected chi connectivity index (χ1v) is 11.9. The number of Topliss-reactive ketones (excluding diaryl/α,β-unsaturated/α-hetero) is 1. The molecule has 2 heteroatoms. The van der Waals surface area contributed by atoms with Crippen molar-refractivity contribution in [2.75, 3.05) is 7.11 Å². The van der Waals surface area contributed by atoms with E-state index in [1.807, 2.05) is 54.6 Å². The zero-order valence-corrected chi connectivity index (χ0v) is 20.3. The van der Waals surface area contributed by atoms with E-state index in [4.69, 9.17) is 4.74 Å². The maximum atomic E-state index is 15.0. The van der Waals surface area contributed by atoms with E-state index in [9.17, 15) is 4.79 Å². The molecule has 0 heterocycles. The van der Waals surface area contributed by atoms with Gasteiger partial charge in [0.1, 0.15) is 11.2 Å². The van der Waals surface area contributed by atoms with E-state index in [2.05, 4.69) is 74.5 Å². The van der Waals surface area contributed by atoms with E-state index in [1.165, 1.54) is 0 Å². The number of hydrogen-bond acceptors (Lipinski definition) is 2. The van der Waals surface area contributed by atoms with Crippen LogP contribution in [0.2, 0.25) is 0 Å². The Balaban J connectivity index is 1.88. The standard InChI is InChI=1S/C33H28O2/c1-23-11-15-26(16-12-23)33(27-17-13-24(2)14-18-27,28-19-21-29(35-3)22-20-28)32(34)31-10-6-8-25-7-4-5-9-30(25)31/h4-22H,1-3H3. The summed E-state index contributed by atoms with van der Waals surface area (Å²) >= 11 is 0. The van der Waals surface area contributed by atoms with Crippen molar-refractivity contribution < 1.29 is 9.53 Å². The smallest absolute Gasteiger partial charge is 0.182 e. The molecule has 0 saturated carbocycles. The molecule has 0 atom stereocenters. The monoisotopic (exact) mass is 456 g/mol. The molecule has 0 aromatic heterocycles. The number of carbonyl (C=O) groups excluding carboxylic acids is 1. The number of aryl methyl sites for hydroxylation is 2. The number of benzene rings is 5. The number of hydrogen-bond donors (Lipinski definition) is 0. The first-order chi connectivity index (χ1) is 17.0. The van der Waals surface area contributed by atoms with Gasteiger partial charge < -0.3 is 4.74 Å². The van der Waals surface area contributed by atoms with Crippen molar-refractivity contribution in [3.8, 4) is 5.75 Å². The molecule has 5 aromatic carbocycles. The second-order valence-electron chi connectivity index (χ2n) is 9.07. The Labute approximate surface area is 206 Å². The lowest BCUT2D eigenvalue weighted by atomic mass is 9.64. The summed E-state index contributed by atoms with van der Waals surface area (Å²) < 4.78 is 5.44. The van der Waals surface area contributed by atoms with Gasteiger partial charge in [-0.3, -0.25) is 4.79 Å². The van der Waals surface area contributed by atoms with Gasteiger partial charge in [0.2, 0.25) is 0 Å². The molecule has 35 heavy (non-hydrogen) atoms. The molecule has 0 unspecified atom stereocenters. The summed E-state index contributed by atoms with van der Waals surface area (Å²) in [7, 11) is 1.66. The summed E-state index contributed by atoms with van der Waals surface area (Å²) in [4.78, 5) is 15.0. The van der Waals surface area contributed by atoms with E-state index < -0.39 is 5.41 Å². The SMILES string of the molecule is COc1ccc(C(C(=O)c2cccc3ccccc23)(c2ccc(C)cc2)c2ccc(C)cc2)cc1. The molecule has 0 spiro atoms. The second-order valence-corrected chi connectivity index (χ2v) is 9.07. The second kappa shape index (κ2) is 9.23. The molecule has 0 N–H and O–H groups in total. The van der Waals surface area contributed by atoms with Gasteiger partial charge in [0, 0.05) is 5.56 Å². The van der Waals surface area contributed by atoms with Gasteiger partial charge in [0.25, 0.3) is 0 Å². The summed E-state index contributed by atoms with van der Waals surface area (Å²) in [5.74, 6) is 0.806. The number of ether oxygens (including phenoxy) is 1. The summed E-state index contributed by atoms with van der Waals surface area (Å²) in [5, 5.41) is 2.01. The molecule has 2 nitrogen and oxygen atoms in total. The molecule has 0 fully saturated rings. The third kappa shape index (κ3) is 3.91. The fourth-order valence-electron chi connectivity index (χ4n) is 4.97. The van der Waals surface area contributed by atoms with Gasteiger partial charge in [-0.15, -0.1) is 0 Å². The molecule has 0 saturated heterocycles. The van der Waals surface area contributed by atoms with Crippen molar-refractivity contribution in [2.24, 2.45) is 0 Å². The molecule has 0 aliphatic heterocycles. The van der Waals surface area contributed by atoms with Crippen molar-refractivity contribution in [1.82, 2.24) is 0 Å². The quantitative estimate of drug-likeness (QED) is 0.193. The predicted octanol–water partition coefficient (Wildman–Crippen LogP) is 7.68. The molecule has 5 aromatic rings. The first-order valence-electron chi connectivity index (χ1n) is 11.9. The van der Waals surface area contributed by atoms with Crippen LogP contribution in [0, 0.1) is 13.8 Å². The van der Waals surface area contributed by atoms with Gasteiger partial charge in [-0.05, 0) is 53.4 Å². The van der Waals surface area contributed by atoms with E-state index in [0.717, 1.165) is 44.3 Å². The summed E-state index contributed by atoms with van der Waals surface area (Å²) in [6.45, 7) is 4.13. The fraction of sp³-hybridized carbons (Fsp3) is 0.121. The van der Waals surface area contributed by atoms with E-state index >= 15 is 0 Å². The molecule has 0 aliphatic carbocycles. The van der Waals surface area contributed by atoms with E-state index in [0.29, 0.717) is 5.56 Å². The van der Waals surface area contributed by atoms with Crippen molar-refractivity contribution in [3.63, 3.8) is 0 Å². The molecular weight excluding hydrogens is 428 g/mol. The number of carbonyl (C=O) groups is 1. The van der Waals surface area contributed by atoms with Crippen LogP contribution in [0.4, 0.5) is 0 Å². The van der Waals surface area contributed by atoms with Crippen LogP contribution in [0.15, 0.2) is 115 Å². The topological polar surface area (TPSA) is 26.3 Å². The minimum atomic E-state index is -1.03. The van der Waals surface area contributed by atoms with Gasteiger partial charge in [0.05, 0.1) is 7.11 Å². The highest BCUT2D eigenvalue weighted by Gasteiger charge is 2.44. The van der Waals surface area contributed by atoms with Crippen LogP contribution in [0.1, 0.15) is 38.2 Å². The lowest BCUT2D eigenvalue weighted by Gasteiger charge is -2.35. The minimum Gasteiger partial charge on any atom is -0.497 e. The third-order valence-corrected chi connectivity index (χ3v) is 6.87. The Morgan fingerprint density at radius 2 is 1.09 bits per heavy atom. The minimum absolute atomic E-state index is 0.0483. The van der Waals surface area contributed by atoms with E-state index in [1.54, 1.807) is 7.11 Å². The van der Waals surface area contributed by atoms with Crippen molar-refractivity contribution in [3.05, 3.63) is 149 Å². The number of ketones is 1. The van der Waals surface area contributed by atoms with Crippen LogP contribution in [-0.2, 0) is 5.41 Å². The lowest BCUT2D eigenvalue weighted by Crippen LogP contribution is -2.39. The largest absolute Gasteiger partial charge is 0.497 e. The number of fused-ring (bicyclic) bond motifs is 1. The zero-order chi connectivity index (χ0) is 24.4. The number of methoxy groups -OCH3 is 1. The molecule has 0 amide bonds. The molecule has 172 valence electrons. The summed E-state index contributed by atoms with van der Waals surface area (Å²) in [5.41, 5.74) is 4.77. The summed E-state index contributed by atoms with van der Waals surface area (Å²) in [6.07, 6.45) is 0. The van der Waals surface area contributed by atoms with Crippen molar-refractivity contribution in [1.29, 1.82) is 0 Å². The van der Waals surface area contributed by atoms with Crippen LogP contribution in [-0.4, -0.2) is 12.9 Å². The average molecular weight is 457 g/mol. The molecule has 0 radical (unpaired) electrons. The number of rotatable bonds is 6. The Kier molecular flexibility index (Phi) is 5.96. The van der Waals surface area contributed by atoms with Crippen molar-refractivity contribution in [2.45, 2.75) is 19.3 Å². The van der Waals surface area contributed by atoms with Gasteiger partial charge in [-0.1, -0.05) is 114 Å². The Hall–Kier alpha value is -4.17. The fourth-order valence-corrected chi connectivity index (χ4v) is 4.97. The third-order valence-electron chi connectivity index (χ3n) is 6.87. The highest BCUT2D eigenvalue weighted by atomic mass is 16.5. The molecule has 0 bridgehead atoms. The maximum Gasteiger partial charge on any atom is 0.182 e. The van der Waals surface area contributed by atoms with Gasteiger partial charge in [-0.2, -0.15) is 0 Å². The van der Waals surface area contributed by atoms with Crippen LogP contribution < -0.4 is 4.74 Å². The van der Waals surface area contributed by atoms with Gasteiger partial charge in [0.15, 0.2) is 5.78 Å². The van der Waals surface area contributed by atoms with Gasteiger partial charge >= 0.3 is 0 Å². The summed E-state index contributed by atoms with van der Waals surface area (Å²) in [6, 6.07) is 38.6. The highest BCUT2D eigenvalue weighted by molar-refractivity contribution is 6.16. The van der Waals surface area contributed by atoms with Crippen LogP contribution in [0.25, 0.3) is 10.8 Å². The Morgan fingerprint density at radius 3 is 1.63 bits per heavy atom. The molecular formula is C33H28O2. The van der Waals surface area contributed by atoms with Crippen molar-refractivity contribution >= 4 is 16.6 Å². The normalized spacial score (nSPS) is 11.4. The van der Waals surface area contributed by atoms with Crippen LogP contribution in [0.3, 0.4) is 0 Å². The Morgan fingerprint density at radius 1 is 0.600 bits per heavy atom. The zero-order valence-electron chi connectivity index (χ0n) is 20.3. The maximum absolute atomic E-state index is 15.0. The Bertz CT molecular complexity index is 1430. The first kappa shape index (κ1) is 22.6. The lowest BCUT2D eigenvalue weighted by molar-refractivity contribution is 0.0936. The highest BCUT2D eigenvalue weighted by Crippen LogP contribution is 2.44. The van der Waals surface area contributed by atoms with E-state index in [-0.39, 0.29) is 5.78 Å². The van der Waals surface area contributed by atoms with Crippen LogP contribution >= 0.6 is 0 Å². The molecule has 0 aliphatic rings.